The van der Waals surface area contributed by atoms with Crippen molar-refractivity contribution in [3.63, 3.8) is 0 Å². The number of anilines is 1. The largest absolute Gasteiger partial charge is 0.495 e. The van der Waals surface area contributed by atoms with E-state index in [9.17, 15) is 9.59 Å². The quantitative estimate of drug-likeness (QED) is 0.696. The molecule has 130 valence electrons. The summed E-state index contributed by atoms with van der Waals surface area (Å²) < 4.78 is 5.08. The van der Waals surface area contributed by atoms with Gasteiger partial charge in [0.1, 0.15) is 11.4 Å². The highest BCUT2D eigenvalue weighted by Crippen LogP contribution is 2.26. The molecule has 1 amide bonds. The van der Waals surface area contributed by atoms with Gasteiger partial charge >= 0.3 is 0 Å². The van der Waals surface area contributed by atoms with Crippen molar-refractivity contribution >= 4 is 29.0 Å². The van der Waals surface area contributed by atoms with Gasteiger partial charge in [-0.05, 0) is 42.5 Å². The molecule has 0 radical (unpaired) electrons. The molecule has 0 unspecified atom stereocenters. The topological polar surface area (TPSA) is 81.2 Å². The molecule has 0 saturated carbocycles. The van der Waals surface area contributed by atoms with E-state index in [0.29, 0.717) is 27.6 Å². The van der Waals surface area contributed by atoms with Gasteiger partial charge in [-0.3, -0.25) is 14.6 Å². The van der Waals surface area contributed by atoms with E-state index in [1.54, 1.807) is 42.5 Å². The van der Waals surface area contributed by atoms with E-state index in [0.717, 1.165) is 0 Å². The predicted molar refractivity (Wildman–Crippen MR) is 97.9 cm³/mol. The summed E-state index contributed by atoms with van der Waals surface area (Å²) in [6.07, 6.45) is 4.31. The lowest BCUT2D eigenvalue weighted by Crippen LogP contribution is -2.13. The number of nitrogens with one attached hydrogen (secondary N) is 1. The third-order valence-electron chi connectivity index (χ3n) is 3.61. The molecule has 0 atom stereocenters. The summed E-state index contributed by atoms with van der Waals surface area (Å²) in [5, 5.41) is 3.06. The van der Waals surface area contributed by atoms with Gasteiger partial charge in [0.25, 0.3) is 5.91 Å². The van der Waals surface area contributed by atoms with Gasteiger partial charge in [-0.1, -0.05) is 11.6 Å². The molecule has 7 heteroatoms. The van der Waals surface area contributed by atoms with E-state index in [-0.39, 0.29) is 17.4 Å². The fourth-order valence-corrected chi connectivity index (χ4v) is 2.55. The van der Waals surface area contributed by atoms with Crippen LogP contribution in [0.4, 0.5) is 5.69 Å². The molecule has 0 aliphatic rings. The van der Waals surface area contributed by atoms with E-state index >= 15 is 0 Å². The van der Waals surface area contributed by atoms with Crippen LogP contribution >= 0.6 is 11.6 Å². The van der Waals surface area contributed by atoms with Gasteiger partial charge in [0.15, 0.2) is 5.78 Å². The van der Waals surface area contributed by atoms with Gasteiger partial charge in [-0.25, -0.2) is 4.98 Å². The number of carbonyl (C=O) groups is 2. The van der Waals surface area contributed by atoms with Crippen LogP contribution in [0.2, 0.25) is 5.02 Å². The summed E-state index contributed by atoms with van der Waals surface area (Å²) in [5.74, 6) is -0.0502. The van der Waals surface area contributed by atoms with Gasteiger partial charge in [0.2, 0.25) is 0 Å². The highest BCUT2D eigenvalue weighted by molar-refractivity contribution is 6.32. The minimum absolute atomic E-state index is 0.179. The number of methoxy groups -OCH3 is 1. The maximum Gasteiger partial charge on any atom is 0.275 e. The fourth-order valence-electron chi connectivity index (χ4n) is 2.29. The summed E-state index contributed by atoms with van der Waals surface area (Å²) >= 11 is 6.07. The minimum atomic E-state index is -0.376. The normalized spacial score (nSPS) is 10.2. The number of aromatic nitrogens is 2. The number of nitrogens with zero attached hydrogens (tertiary/aromatic N) is 2. The van der Waals surface area contributed by atoms with Crippen LogP contribution in [0.25, 0.3) is 0 Å². The van der Waals surface area contributed by atoms with E-state index < -0.39 is 0 Å². The molecular weight excluding hydrogens is 354 g/mol. The first-order chi connectivity index (χ1) is 12.6. The molecule has 6 nitrogen and oxygen atoms in total. The molecule has 0 saturated heterocycles. The van der Waals surface area contributed by atoms with Gasteiger partial charge in [0, 0.05) is 29.2 Å². The van der Waals surface area contributed by atoms with E-state index in [2.05, 4.69) is 15.3 Å². The summed E-state index contributed by atoms with van der Waals surface area (Å²) in [6, 6.07) is 11.4. The van der Waals surface area contributed by atoms with Crippen molar-refractivity contribution in [1.82, 2.24) is 9.97 Å². The van der Waals surface area contributed by atoms with E-state index in [1.807, 2.05) is 0 Å². The highest BCUT2D eigenvalue weighted by Gasteiger charge is 2.12. The number of hydrogen-bond acceptors (Lipinski definition) is 5. The number of hydrogen-bond donors (Lipinski definition) is 1. The van der Waals surface area contributed by atoms with Gasteiger partial charge in [-0.2, -0.15) is 0 Å². The van der Waals surface area contributed by atoms with Crippen LogP contribution in [-0.2, 0) is 0 Å². The van der Waals surface area contributed by atoms with Crippen molar-refractivity contribution in [2.75, 3.05) is 12.4 Å². The Morgan fingerprint density at radius 1 is 1.04 bits per heavy atom. The van der Waals surface area contributed by atoms with Crippen molar-refractivity contribution in [1.29, 1.82) is 0 Å². The number of rotatable bonds is 5. The Hall–Kier alpha value is -3.25. The molecular formula is C19H14ClN3O3. The van der Waals surface area contributed by atoms with E-state index in [1.165, 1.54) is 25.7 Å². The van der Waals surface area contributed by atoms with Crippen LogP contribution in [0.15, 0.2) is 61.1 Å². The van der Waals surface area contributed by atoms with Crippen LogP contribution in [-0.4, -0.2) is 28.8 Å². The second-order valence-electron chi connectivity index (χ2n) is 5.30. The number of halogens is 1. The first-order valence-corrected chi connectivity index (χ1v) is 8.02. The molecule has 0 fully saturated rings. The maximum absolute atomic E-state index is 12.5. The van der Waals surface area contributed by atoms with Crippen molar-refractivity contribution < 1.29 is 14.3 Å². The van der Waals surface area contributed by atoms with Gasteiger partial charge in [-0.15, -0.1) is 0 Å². The molecule has 2 aromatic carbocycles. The maximum atomic E-state index is 12.5. The summed E-state index contributed by atoms with van der Waals surface area (Å²) in [6.45, 7) is 0. The van der Waals surface area contributed by atoms with Crippen LogP contribution in [0.1, 0.15) is 26.4 Å². The first-order valence-electron chi connectivity index (χ1n) is 7.64. The summed E-state index contributed by atoms with van der Waals surface area (Å²) in [5.41, 5.74) is 1.68. The predicted octanol–water partition coefficient (Wildman–Crippen LogP) is 3.62. The van der Waals surface area contributed by atoms with Crippen LogP contribution in [0.3, 0.4) is 0 Å². The smallest absolute Gasteiger partial charge is 0.275 e. The van der Waals surface area contributed by atoms with Crippen molar-refractivity contribution in [3.05, 3.63) is 82.9 Å². The first kappa shape index (κ1) is 17.6. The minimum Gasteiger partial charge on any atom is -0.495 e. The zero-order valence-electron chi connectivity index (χ0n) is 13.8. The average Bonchev–Trinajstić information content (AvgIpc) is 2.68. The van der Waals surface area contributed by atoms with E-state index in [4.69, 9.17) is 16.3 Å². The third-order valence-corrected chi connectivity index (χ3v) is 3.91. The molecule has 0 bridgehead atoms. The second kappa shape index (κ2) is 7.76. The van der Waals surface area contributed by atoms with Crippen LogP contribution in [0, 0.1) is 0 Å². The summed E-state index contributed by atoms with van der Waals surface area (Å²) in [4.78, 5) is 32.4. The lowest BCUT2D eigenvalue weighted by Gasteiger charge is -2.07. The molecule has 1 N–H and O–H groups in total. The molecule has 1 aromatic heterocycles. The van der Waals surface area contributed by atoms with Crippen molar-refractivity contribution in [2.24, 2.45) is 0 Å². The third kappa shape index (κ3) is 3.87. The van der Waals surface area contributed by atoms with Crippen LogP contribution in [0.5, 0.6) is 5.75 Å². The Kier molecular flexibility index (Phi) is 5.24. The molecule has 3 rings (SSSR count). The second-order valence-corrected chi connectivity index (χ2v) is 5.71. The zero-order valence-corrected chi connectivity index (χ0v) is 14.5. The molecule has 0 aliphatic heterocycles. The average molecular weight is 368 g/mol. The number of benzene rings is 2. The lowest BCUT2D eigenvalue weighted by atomic mass is 10.0. The molecule has 1 heterocycles. The molecule has 3 aromatic rings. The Morgan fingerprint density at radius 2 is 1.77 bits per heavy atom. The zero-order chi connectivity index (χ0) is 18.5. The number of ketones is 1. The Bertz CT molecular complexity index is 944. The summed E-state index contributed by atoms with van der Waals surface area (Å²) in [7, 11) is 1.51. The molecule has 0 spiro atoms. The van der Waals surface area contributed by atoms with Crippen molar-refractivity contribution in [2.45, 2.75) is 0 Å². The Balaban J connectivity index is 1.74. The number of amides is 1. The molecule has 26 heavy (non-hydrogen) atoms. The fraction of sp³-hybridized carbons (Fsp3) is 0.0526. The van der Waals surface area contributed by atoms with Gasteiger partial charge in [0.05, 0.1) is 18.3 Å². The van der Waals surface area contributed by atoms with Crippen molar-refractivity contribution in [3.8, 4) is 5.75 Å². The monoisotopic (exact) mass is 367 g/mol. The SMILES string of the molecule is COc1ccc(C(=O)c2ccc(NC(=O)c3cnccn3)cc2)cc1Cl. The highest BCUT2D eigenvalue weighted by atomic mass is 35.5. The number of carbonyl (C=O) groups excluding carboxylic acids is 2. The van der Waals surface area contributed by atoms with Crippen LogP contribution < -0.4 is 10.1 Å². The molecule has 0 aliphatic carbocycles. The van der Waals surface area contributed by atoms with Gasteiger partial charge < -0.3 is 10.1 Å². The number of ether oxygens (including phenoxy) is 1. The Labute approximate surface area is 154 Å². The standard InChI is InChI=1S/C19H14ClN3O3/c1-26-17-7-4-13(10-15(17)20)18(24)12-2-5-14(6-3-12)23-19(25)16-11-21-8-9-22-16/h2-11H,1H3,(H,23,25). The Morgan fingerprint density at radius 3 is 2.38 bits per heavy atom. The lowest BCUT2D eigenvalue weighted by molar-refractivity contribution is 0.101.